The number of rotatable bonds is 5. The first-order valence-corrected chi connectivity index (χ1v) is 10.4. The molecule has 3 heteroatoms. The lowest BCUT2D eigenvalue weighted by molar-refractivity contribution is -0.0680. The van der Waals surface area contributed by atoms with Crippen LogP contribution in [-0.2, 0) is 6.61 Å². The predicted octanol–water partition coefficient (Wildman–Crippen LogP) is 5.19. The zero-order valence-corrected chi connectivity index (χ0v) is 15.8. The highest BCUT2D eigenvalue weighted by atomic mass is 16.5. The normalized spacial score (nSPS) is 32.4. The van der Waals surface area contributed by atoms with Crippen LogP contribution in [0.25, 0.3) is 0 Å². The Morgan fingerprint density at radius 2 is 1.59 bits per heavy atom. The van der Waals surface area contributed by atoms with Crippen LogP contribution in [0.2, 0.25) is 0 Å². The Kier molecular flexibility index (Phi) is 4.16. The third-order valence-corrected chi connectivity index (χ3v) is 7.33. The van der Waals surface area contributed by atoms with Crippen LogP contribution in [0.1, 0.15) is 55.7 Å². The molecule has 0 radical (unpaired) electrons. The minimum atomic E-state index is -0.0749. The minimum Gasteiger partial charge on any atom is -0.507 e. The first kappa shape index (κ1) is 17.1. The van der Waals surface area contributed by atoms with Gasteiger partial charge in [0, 0.05) is 17.7 Å². The molecule has 4 aliphatic rings. The zero-order chi connectivity index (χ0) is 18.4. The summed E-state index contributed by atoms with van der Waals surface area (Å²) in [6.45, 7) is 0.501. The SMILES string of the molecule is NC(c1ccc(OCc2ccccc2)cc1O)C12CC3CC(CC(C3)C1)C2. The highest BCUT2D eigenvalue weighted by Crippen LogP contribution is 2.64. The summed E-state index contributed by atoms with van der Waals surface area (Å²) >= 11 is 0. The first-order valence-electron chi connectivity index (χ1n) is 10.4. The molecule has 0 spiro atoms. The van der Waals surface area contributed by atoms with Gasteiger partial charge in [0.05, 0.1) is 0 Å². The number of nitrogens with two attached hydrogens (primary N) is 1. The van der Waals surface area contributed by atoms with Crippen molar-refractivity contribution in [3.8, 4) is 11.5 Å². The fourth-order valence-corrected chi connectivity index (χ4v) is 6.51. The van der Waals surface area contributed by atoms with Gasteiger partial charge < -0.3 is 15.6 Å². The molecule has 0 saturated heterocycles. The van der Waals surface area contributed by atoms with Gasteiger partial charge in [-0.05, 0) is 73.3 Å². The molecule has 3 N–H and O–H groups in total. The Balaban J connectivity index is 1.33. The van der Waals surface area contributed by atoms with Crippen LogP contribution < -0.4 is 10.5 Å². The Bertz CT molecular complexity index is 781. The van der Waals surface area contributed by atoms with Crippen molar-refractivity contribution < 1.29 is 9.84 Å². The van der Waals surface area contributed by atoms with E-state index in [1.165, 1.54) is 38.5 Å². The number of aromatic hydroxyl groups is 1. The number of phenolic OH excluding ortho intramolecular Hbond substituents is 1. The van der Waals surface area contributed by atoms with Crippen molar-refractivity contribution in [2.45, 2.75) is 51.2 Å². The number of phenols is 1. The summed E-state index contributed by atoms with van der Waals surface area (Å²) in [6, 6.07) is 15.7. The second-order valence-electron chi connectivity index (χ2n) is 9.25. The summed E-state index contributed by atoms with van der Waals surface area (Å²) in [6.07, 6.45) is 7.95. The van der Waals surface area contributed by atoms with E-state index in [1.807, 2.05) is 42.5 Å². The quantitative estimate of drug-likeness (QED) is 0.769. The van der Waals surface area contributed by atoms with Crippen molar-refractivity contribution >= 4 is 0 Å². The average Bonchev–Trinajstić information content (AvgIpc) is 2.66. The molecule has 27 heavy (non-hydrogen) atoms. The summed E-state index contributed by atoms with van der Waals surface area (Å²) < 4.78 is 5.86. The summed E-state index contributed by atoms with van der Waals surface area (Å²) in [7, 11) is 0. The maximum absolute atomic E-state index is 10.7. The van der Waals surface area contributed by atoms with Crippen LogP contribution in [0, 0.1) is 23.2 Å². The first-order chi connectivity index (χ1) is 13.1. The highest BCUT2D eigenvalue weighted by Gasteiger charge is 2.53. The van der Waals surface area contributed by atoms with E-state index in [0.717, 1.165) is 28.9 Å². The van der Waals surface area contributed by atoms with Crippen LogP contribution in [0.5, 0.6) is 11.5 Å². The van der Waals surface area contributed by atoms with E-state index in [-0.39, 0.29) is 17.2 Å². The molecular formula is C24H29NO2. The topological polar surface area (TPSA) is 55.5 Å². The lowest BCUT2D eigenvalue weighted by Crippen LogP contribution is -2.50. The maximum atomic E-state index is 10.7. The lowest BCUT2D eigenvalue weighted by Gasteiger charge is -2.59. The second-order valence-corrected chi connectivity index (χ2v) is 9.25. The lowest BCUT2D eigenvalue weighted by atomic mass is 9.47. The van der Waals surface area contributed by atoms with Crippen LogP contribution in [0.3, 0.4) is 0 Å². The molecule has 142 valence electrons. The summed E-state index contributed by atoms with van der Waals surface area (Å²) in [5.74, 6) is 3.55. The van der Waals surface area contributed by atoms with Crippen LogP contribution in [0.15, 0.2) is 48.5 Å². The number of hydrogen-bond donors (Lipinski definition) is 2. The molecule has 2 aromatic carbocycles. The largest absolute Gasteiger partial charge is 0.507 e. The minimum absolute atomic E-state index is 0.0749. The molecule has 1 atom stereocenters. The molecule has 0 heterocycles. The van der Waals surface area contributed by atoms with Crippen molar-refractivity contribution in [3.05, 3.63) is 59.7 Å². The van der Waals surface area contributed by atoms with Crippen molar-refractivity contribution in [2.75, 3.05) is 0 Å². The van der Waals surface area contributed by atoms with E-state index in [1.54, 1.807) is 6.07 Å². The van der Waals surface area contributed by atoms with Gasteiger partial charge >= 0.3 is 0 Å². The Morgan fingerprint density at radius 3 is 2.19 bits per heavy atom. The van der Waals surface area contributed by atoms with Gasteiger partial charge in [-0.15, -0.1) is 0 Å². The molecule has 4 aliphatic carbocycles. The Hall–Kier alpha value is -2.00. The molecule has 1 unspecified atom stereocenters. The number of hydrogen-bond acceptors (Lipinski definition) is 3. The Morgan fingerprint density at radius 1 is 0.963 bits per heavy atom. The summed E-state index contributed by atoms with van der Waals surface area (Å²) in [5.41, 5.74) is 9.01. The zero-order valence-electron chi connectivity index (χ0n) is 15.8. The average molecular weight is 364 g/mol. The van der Waals surface area contributed by atoms with Gasteiger partial charge in [-0.1, -0.05) is 36.4 Å². The van der Waals surface area contributed by atoms with E-state index in [2.05, 4.69) is 0 Å². The summed E-state index contributed by atoms with van der Waals surface area (Å²) in [4.78, 5) is 0. The fourth-order valence-electron chi connectivity index (χ4n) is 6.51. The Labute approximate surface area is 161 Å². The van der Waals surface area contributed by atoms with Crippen LogP contribution in [0.4, 0.5) is 0 Å². The molecule has 0 aromatic heterocycles. The highest BCUT2D eigenvalue weighted by molar-refractivity contribution is 5.42. The molecule has 0 amide bonds. The summed E-state index contributed by atoms with van der Waals surface area (Å²) in [5, 5.41) is 10.7. The molecule has 4 bridgehead atoms. The smallest absolute Gasteiger partial charge is 0.124 e. The van der Waals surface area contributed by atoms with Crippen molar-refractivity contribution in [1.82, 2.24) is 0 Å². The van der Waals surface area contributed by atoms with Gasteiger partial charge in [-0.2, -0.15) is 0 Å². The second kappa shape index (κ2) is 6.56. The van der Waals surface area contributed by atoms with Crippen LogP contribution >= 0.6 is 0 Å². The van der Waals surface area contributed by atoms with E-state index in [0.29, 0.717) is 12.4 Å². The van der Waals surface area contributed by atoms with E-state index in [9.17, 15) is 5.11 Å². The van der Waals surface area contributed by atoms with Gasteiger partial charge in [0.25, 0.3) is 0 Å². The molecule has 2 aromatic rings. The van der Waals surface area contributed by atoms with E-state index < -0.39 is 0 Å². The fraction of sp³-hybridized carbons (Fsp3) is 0.500. The van der Waals surface area contributed by atoms with Crippen molar-refractivity contribution in [2.24, 2.45) is 28.9 Å². The monoisotopic (exact) mass is 363 g/mol. The predicted molar refractivity (Wildman–Crippen MR) is 106 cm³/mol. The van der Waals surface area contributed by atoms with Crippen molar-refractivity contribution in [1.29, 1.82) is 0 Å². The van der Waals surface area contributed by atoms with Gasteiger partial charge in [0.1, 0.15) is 18.1 Å². The third-order valence-electron chi connectivity index (χ3n) is 7.33. The molecule has 3 nitrogen and oxygen atoms in total. The maximum Gasteiger partial charge on any atom is 0.124 e. The van der Waals surface area contributed by atoms with Gasteiger partial charge in [0.15, 0.2) is 0 Å². The molecule has 6 rings (SSSR count). The van der Waals surface area contributed by atoms with Gasteiger partial charge in [-0.3, -0.25) is 0 Å². The van der Waals surface area contributed by atoms with E-state index in [4.69, 9.17) is 10.5 Å². The molecular weight excluding hydrogens is 334 g/mol. The van der Waals surface area contributed by atoms with E-state index >= 15 is 0 Å². The third kappa shape index (κ3) is 3.12. The van der Waals surface area contributed by atoms with Crippen LogP contribution in [-0.4, -0.2) is 5.11 Å². The number of ether oxygens (including phenoxy) is 1. The van der Waals surface area contributed by atoms with Crippen molar-refractivity contribution in [3.63, 3.8) is 0 Å². The molecule has 4 fully saturated rings. The standard InChI is InChI=1S/C24H29NO2/c25-23(24-12-17-8-18(13-24)10-19(9-17)14-24)21-7-6-20(11-22(21)26)27-15-16-4-2-1-3-5-16/h1-7,11,17-19,23,26H,8-10,12-15,25H2. The molecule has 0 aliphatic heterocycles. The molecule has 4 saturated carbocycles. The number of benzene rings is 2. The van der Waals surface area contributed by atoms with Gasteiger partial charge in [-0.25, -0.2) is 0 Å². The van der Waals surface area contributed by atoms with Gasteiger partial charge in [0.2, 0.25) is 0 Å².